The summed E-state index contributed by atoms with van der Waals surface area (Å²) in [6, 6.07) is -1.05. The smallest absolute Gasteiger partial charge is 0.352 e. The number of carboxylic acid groups (broad SMARTS) is 2. The number of β-lactam (4-membered cyclic amide) rings is 1. The Bertz CT molecular complexity index is 1540. The van der Waals surface area contributed by atoms with Crippen molar-refractivity contribution in [3.8, 4) is 0 Å². The van der Waals surface area contributed by atoms with Gasteiger partial charge in [0.2, 0.25) is 11.6 Å². The van der Waals surface area contributed by atoms with Crippen LogP contribution in [-0.4, -0.2) is 105 Å². The fourth-order valence-corrected chi connectivity index (χ4v) is 7.39. The maximum absolute atomic E-state index is 13.4. The number of carbonyl (C=O) groups is 5. The normalized spacial score (nSPS) is 21.6. The number of hydrogen-bond donors (Lipinski definition) is 4. The van der Waals surface area contributed by atoms with Crippen molar-refractivity contribution in [1.29, 1.82) is 0 Å². The number of nitrogens with one attached hydrogen (secondary N) is 2. The monoisotopic (exact) mass is 649 g/mol. The van der Waals surface area contributed by atoms with Crippen LogP contribution in [0, 0.1) is 0 Å². The lowest BCUT2D eigenvalue weighted by Crippen LogP contribution is -2.71. The summed E-state index contributed by atoms with van der Waals surface area (Å²) in [7, 11) is 0. The van der Waals surface area contributed by atoms with Gasteiger partial charge in [0, 0.05) is 16.9 Å². The van der Waals surface area contributed by atoms with Crippen LogP contribution in [0.3, 0.4) is 0 Å². The number of allylic oxidation sites excluding steroid dienone is 1. The van der Waals surface area contributed by atoms with Crippen LogP contribution in [0.5, 0.6) is 0 Å². The van der Waals surface area contributed by atoms with Crippen LogP contribution in [0.25, 0.3) is 0 Å². The molecule has 3 atom stereocenters. The van der Waals surface area contributed by atoms with Crippen molar-refractivity contribution in [1.82, 2.24) is 35.4 Å². The van der Waals surface area contributed by atoms with Gasteiger partial charge in [0.25, 0.3) is 11.8 Å². The molecule has 17 nitrogen and oxygen atoms in total. The maximum Gasteiger partial charge on any atom is 0.352 e. The number of amides is 3. The van der Waals surface area contributed by atoms with Gasteiger partial charge in [-0.2, -0.15) is 0 Å². The first-order chi connectivity index (χ1) is 20.8. The molecule has 2 unspecified atom stereocenters. The highest BCUT2D eigenvalue weighted by Crippen LogP contribution is 2.41. The molecule has 1 fully saturated rings. The summed E-state index contributed by atoms with van der Waals surface area (Å²) in [5, 5.41) is 40.1. The van der Waals surface area contributed by atoms with Gasteiger partial charge in [0.1, 0.15) is 35.5 Å². The minimum Gasteiger partial charge on any atom is -0.480 e. The fourth-order valence-electron chi connectivity index (χ4n) is 4.38. The molecule has 226 valence electrons. The van der Waals surface area contributed by atoms with Crippen LogP contribution < -0.4 is 10.6 Å². The van der Waals surface area contributed by atoms with Crippen LogP contribution in [0.1, 0.15) is 25.0 Å². The van der Waals surface area contributed by atoms with Gasteiger partial charge in [-0.15, -0.1) is 28.2 Å². The van der Waals surface area contributed by atoms with E-state index in [1.54, 1.807) is 0 Å². The molecule has 1 saturated heterocycles. The number of aromatic nitrogens is 5. The van der Waals surface area contributed by atoms with Gasteiger partial charge in [-0.1, -0.05) is 23.0 Å². The molecule has 0 spiro atoms. The average Bonchev–Trinajstić information content (AvgIpc) is 3.64. The zero-order chi connectivity index (χ0) is 30.5. The van der Waals surface area contributed by atoms with E-state index in [9.17, 15) is 29.1 Å². The first-order valence-corrected chi connectivity index (χ1v) is 15.6. The van der Waals surface area contributed by atoms with E-state index < -0.39 is 41.7 Å². The quantitative estimate of drug-likeness (QED) is 0.0565. The molecule has 0 aromatic carbocycles. The number of fused-ring (bicyclic) bond motifs is 1. The number of nitrogens with zero attached hydrogens (tertiary/aromatic N) is 7. The number of tetrazole rings is 1. The molecule has 1 aliphatic carbocycles. The Kier molecular flexibility index (Phi) is 9.36. The van der Waals surface area contributed by atoms with E-state index in [1.807, 2.05) is 12.2 Å². The summed E-state index contributed by atoms with van der Waals surface area (Å²) in [6.07, 6.45) is 6.43. The lowest BCUT2D eigenvalue weighted by molar-refractivity contribution is -0.150. The zero-order valence-electron chi connectivity index (χ0n) is 22.0. The second-order valence-electron chi connectivity index (χ2n) is 9.16. The van der Waals surface area contributed by atoms with Crippen molar-refractivity contribution < 1.29 is 39.0 Å². The Balaban J connectivity index is 1.31. The molecule has 5 rings (SSSR count). The molecule has 0 saturated carbocycles. The molecule has 2 aromatic rings. The third-order valence-corrected chi connectivity index (χ3v) is 9.49. The van der Waals surface area contributed by atoms with Gasteiger partial charge in [-0.05, 0) is 41.3 Å². The van der Waals surface area contributed by atoms with Gasteiger partial charge in [-0.25, -0.2) is 14.5 Å². The predicted molar refractivity (Wildman–Crippen MR) is 152 cm³/mol. The van der Waals surface area contributed by atoms with Crippen molar-refractivity contribution in [2.75, 3.05) is 16.8 Å². The van der Waals surface area contributed by atoms with Crippen LogP contribution in [0.15, 0.2) is 39.1 Å². The van der Waals surface area contributed by atoms with E-state index in [2.05, 4.69) is 36.3 Å². The summed E-state index contributed by atoms with van der Waals surface area (Å²) in [5.74, 6) is -3.54. The number of hydrogen-bond acceptors (Lipinski definition) is 14. The molecule has 3 amide bonds. The number of carbonyl (C=O) groups excluding carboxylic acids is 3. The Morgan fingerprint density at radius 1 is 1.30 bits per heavy atom. The predicted octanol–water partition coefficient (Wildman–Crippen LogP) is 0.143. The van der Waals surface area contributed by atoms with Crippen molar-refractivity contribution in [3.05, 3.63) is 34.5 Å². The average molecular weight is 650 g/mol. The topological polar surface area (TPSA) is 231 Å². The number of carboxylic acids is 2. The molecule has 2 aliphatic heterocycles. The Morgan fingerprint density at radius 3 is 2.86 bits per heavy atom. The molecule has 20 heteroatoms. The molecular formula is C23H23N9O8S3. The van der Waals surface area contributed by atoms with Crippen LogP contribution >= 0.6 is 34.9 Å². The first-order valence-electron chi connectivity index (χ1n) is 12.6. The van der Waals surface area contributed by atoms with Crippen molar-refractivity contribution in [3.63, 3.8) is 0 Å². The van der Waals surface area contributed by atoms with Gasteiger partial charge in [0.15, 0.2) is 10.8 Å². The highest BCUT2D eigenvalue weighted by atomic mass is 32.2. The number of oxime groups is 1. The molecule has 2 aromatic heterocycles. The second kappa shape index (κ2) is 13.3. The third-order valence-electron chi connectivity index (χ3n) is 6.33. The van der Waals surface area contributed by atoms with Gasteiger partial charge >= 0.3 is 11.9 Å². The Labute approximate surface area is 254 Å². The van der Waals surface area contributed by atoms with Crippen LogP contribution in [0.2, 0.25) is 0 Å². The largest absolute Gasteiger partial charge is 0.480 e. The minimum absolute atomic E-state index is 0.0902. The number of thioether (sulfide) groups is 2. The van der Waals surface area contributed by atoms with Gasteiger partial charge in [-0.3, -0.25) is 24.1 Å². The molecular weight excluding hydrogens is 627 g/mol. The Hall–Kier alpha value is -4.30. The number of anilines is 1. The number of rotatable bonds is 13. The SMILES string of the molecule is O=CNc1nc(/C(=N/OC2C=CCCC2)C(=O)NC2C(=O)N3C(C(=O)O)=C(CSc4nnnn4CC(=O)O)CS[C@H]23)cs1. The Morgan fingerprint density at radius 2 is 2.14 bits per heavy atom. The molecule has 3 aliphatic rings. The standard InChI is InChI=1S/C23H23N9O8S3/c33-10-24-22-25-13(9-42-22)15(28-40-12-4-2-1-3-5-12)18(36)26-16-19(37)32-17(21(38)39)11(7-41-20(16)32)8-43-23-27-29-30-31(23)6-14(34)35/h2,4,9-10,12,16,20H,1,3,5-8H2,(H,26,36)(H,34,35)(H,38,39)(H,24,25,33)/b28-15-/t12?,16?,20-/m1/s1. The van der Waals surface area contributed by atoms with E-state index in [4.69, 9.17) is 9.94 Å². The van der Waals surface area contributed by atoms with E-state index >= 15 is 0 Å². The summed E-state index contributed by atoms with van der Waals surface area (Å²) in [6.45, 7) is -0.466. The van der Waals surface area contributed by atoms with Crippen molar-refractivity contribution >= 4 is 75.9 Å². The molecule has 0 radical (unpaired) electrons. The highest BCUT2D eigenvalue weighted by molar-refractivity contribution is 8.01. The molecule has 0 bridgehead atoms. The minimum atomic E-state index is -1.32. The maximum atomic E-state index is 13.4. The summed E-state index contributed by atoms with van der Waals surface area (Å²) in [5.41, 5.74) is 0.124. The van der Waals surface area contributed by atoms with Crippen molar-refractivity contribution in [2.24, 2.45) is 5.16 Å². The van der Waals surface area contributed by atoms with Crippen molar-refractivity contribution in [2.45, 2.75) is 48.5 Å². The number of thiazole rings is 1. The summed E-state index contributed by atoms with van der Waals surface area (Å²) < 4.78 is 1.07. The van der Waals surface area contributed by atoms with Gasteiger partial charge < -0.3 is 25.7 Å². The fraction of sp³-hybridized carbons (Fsp3) is 0.391. The van der Waals surface area contributed by atoms with Gasteiger partial charge in [0.05, 0.1) is 0 Å². The third kappa shape index (κ3) is 6.70. The lowest BCUT2D eigenvalue weighted by atomic mass is 10.0. The van der Waals surface area contributed by atoms with E-state index in [0.717, 1.165) is 45.5 Å². The van der Waals surface area contributed by atoms with E-state index in [0.29, 0.717) is 18.4 Å². The van der Waals surface area contributed by atoms with Crippen LogP contribution in [0.4, 0.5) is 5.13 Å². The number of aliphatic carboxylic acids is 2. The second-order valence-corrected chi connectivity index (χ2v) is 12.1. The van der Waals surface area contributed by atoms with Crippen LogP contribution in [-0.2, 0) is 35.4 Å². The molecule has 43 heavy (non-hydrogen) atoms. The summed E-state index contributed by atoms with van der Waals surface area (Å²) >= 11 is 3.37. The van der Waals surface area contributed by atoms with E-state index in [-0.39, 0.29) is 45.0 Å². The molecule has 4 heterocycles. The first kappa shape index (κ1) is 30.2. The zero-order valence-corrected chi connectivity index (χ0v) is 24.4. The molecule has 4 N–H and O–H groups in total. The van der Waals surface area contributed by atoms with E-state index in [1.165, 1.54) is 17.1 Å². The summed E-state index contributed by atoms with van der Waals surface area (Å²) in [4.78, 5) is 71.6. The highest BCUT2D eigenvalue weighted by Gasteiger charge is 2.54. The lowest BCUT2D eigenvalue weighted by Gasteiger charge is -2.49.